The third-order valence-corrected chi connectivity index (χ3v) is 8.01. The Hall–Kier alpha value is -3.07. The van der Waals surface area contributed by atoms with Crippen molar-refractivity contribution in [2.75, 3.05) is 31.2 Å². The minimum atomic E-state index is -4.76. The van der Waals surface area contributed by atoms with E-state index in [-0.39, 0.29) is 33.7 Å². The molecule has 4 heterocycles. The van der Waals surface area contributed by atoms with Crippen LogP contribution in [0.2, 0.25) is 0 Å². The molecule has 1 fully saturated rings. The van der Waals surface area contributed by atoms with Gasteiger partial charge in [-0.05, 0) is 18.2 Å². The fraction of sp³-hybridized carbons (Fsp3) is 0.250. The van der Waals surface area contributed by atoms with Crippen LogP contribution in [0.4, 0.5) is 24.8 Å². The number of aromatic nitrogens is 4. The standard InChI is InChI=1S/C20H17F3N6O3S2/c21-20(22,23)29(16-7-3-4-8-24-16)17-13-28-19(25-17)33-18(26-28)14-5-1-2-6-15(14)34(30,31)27-9-11-32-12-10-27/h1-8,13H,9-12H2. The van der Waals surface area contributed by atoms with Crippen molar-refractivity contribution in [1.29, 1.82) is 0 Å². The molecule has 0 N–H and O–H groups in total. The van der Waals surface area contributed by atoms with E-state index in [0.717, 1.165) is 17.5 Å². The lowest BCUT2D eigenvalue weighted by molar-refractivity contribution is -0.121. The second-order valence-corrected chi connectivity index (χ2v) is 10.1. The Balaban J connectivity index is 1.54. The SMILES string of the molecule is O=S(=O)(c1ccccc1-c1nn2cc(N(c3ccccn3)C(F)(F)F)nc2s1)N1CCOCC1. The summed E-state index contributed by atoms with van der Waals surface area (Å²) in [5.41, 5.74) is 0.350. The fourth-order valence-corrected chi connectivity index (χ4v) is 6.14. The van der Waals surface area contributed by atoms with Crippen LogP contribution in [0.1, 0.15) is 0 Å². The van der Waals surface area contributed by atoms with Crippen molar-refractivity contribution in [3.63, 3.8) is 0 Å². The van der Waals surface area contributed by atoms with Gasteiger partial charge in [-0.2, -0.15) is 14.4 Å². The third kappa shape index (κ3) is 4.13. The van der Waals surface area contributed by atoms with Crippen LogP contribution in [0, 0.1) is 0 Å². The van der Waals surface area contributed by atoms with Crippen LogP contribution in [0.3, 0.4) is 0 Å². The predicted octanol–water partition coefficient (Wildman–Crippen LogP) is 3.53. The van der Waals surface area contributed by atoms with Gasteiger partial charge in [0.25, 0.3) is 0 Å². The van der Waals surface area contributed by atoms with Crippen LogP contribution < -0.4 is 4.90 Å². The molecule has 34 heavy (non-hydrogen) atoms. The highest BCUT2D eigenvalue weighted by Gasteiger charge is 2.41. The summed E-state index contributed by atoms with van der Waals surface area (Å²) in [5, 5.41) is 4.65. The average Bonchev–Trinajstić information content (AvgIpc) is 3.39. The lowest BCUT2D eigenvalue weighted by Crippen LogP contribution is -2.40. The van der Waals surface area contributed by atoms with Gasteiger partial charge in [0, 0.05) is 24.8 Å². The van der Waals surface area contributed by atoms with Crippen molar-refractivity contribution in [3.05, 3.63) is 54.9 Å². The van der Waals surface area contributed by atoms with Gasteiger partial charge in [0.1, 0.15) is 10.8 Å². The summed E-state index contributed by atoms with van der Waals surface area (Å²) >= 11 is 0.990. The van der Waals surface area contributed by atoms with E-state index in [1.165, 1.54) is 39.3 Å². The highest BCUT2D eigenvalue weighted by molar-refractivity contribution is 7.89. The zero-order valence-electron chi connectivity index (χ0n) is 17.4. The number of fused-ring (bicyclic) bond motifs is 1. The zero-order valence-corrected chi connectivity index (χ0v) is 19.0. The van der Waals surface area contributed by atoms with E-state index >= 15 is 0 Å². The number of rotatable bonds is 5. The van der Waals surface area contributed by atoms with Gasteiger partial charge in [-0.3, -0.25) is 0 Å². The van der Waals surface area contributed by atoms with Gasteiger partial charge >= 0.3 is 6.30 Å². The van der Waals surface area contributed by atoms with E-state index in [4.69, 9.17) is 4.74 Å². The number of ether oxygens (including phenoxy) is 1. The zero-order chi connectivity index (χ0) is 23.9. The molecule has 0 unspecified atom stereocenters. The smallest absolute Gasteiger partial charge is 0.379 e. The van der Waals surface area contributed by atoms with Gasteiger partial charge in [-0.15, -0.1) is 13.2 Å². The highest BCUT2D eigenvalue weighted by Crippen LogP contribution is 2.37. The normalized spacial score (nSPS) is 15.6. The Morgan fingerprint density at radius 1 is 1.03 bits per heavy atom. The van der Waals surface area contributed by atoms with Gasteiger partial charge in [0.2, 0.25) is 15.0 Å². The maximum absolute atomic E-state index is 13.8. The number of halogens is 3. The topological polar surface area (TPSA) is 92.9 Å². The number of benzene rings is 1. The molecular formula is C20H17F3N6O3S2. The predicted molar refractivity (Wildman–Crippen MR) is 118 cm³/mol. The molecule has 1 aliphatic heterocycles. The third-order valence-electron chi connectivity index (χ3n) is 5.10. The number of sulfonamides is 1. The quantitative estimate of drug-likeness (QED) is 0.379. The van der Waals surface area contributed by atoms with Crippen LogP contribution in [0.25, 0.3) is 15.5 Å². The molecule has 5 rings (SSSR count). The van der Waals surface area contributed by atoms with E-state index in [0.29, 0.717) is 23.8 Å². The summed E-state index contributed by atoms with van der Waals surface area (Å²) in [4.78, 5) is 8.18. The maximum atomic E-state index is 13.8. The summed E-state index contributed by atoms with van der Waals surface area (Å²) in [6.07, 6.45) is -2.37. The number of imidazole rings is 1. The molecule has 1 aromatic carbocycles. The van der Waals surface area contributed by atoms with Gasteiger partial charge in [0.05, 0.1) is 24.3 Å². The summed E-state index contributed by atoms with van der Waals surface area (Å²) in [5.74, 6) is -0.728. The Morgan fingerprint density at radius 2 is 1.76 bits per heavy atom. The number of nitrogens with zero attached hydrogens (tertiary/aromatic N) is 6. The summed E-state index contributed by atoms with van der Waals surface area (Å²) in [6.45, 7) is 1.09. The van der Waals surface area contributed by atoms with Gasteiger partial charge in [-0.25, -0.2) is 22.8 Å². The summed E-state index contributed by atoms with van der Waals surface area (Å²) in [6, 6.07) is 10.6. The fourth-order valence-electron chi connectivity index (χ4n) is 3.56. The highest BCUT2D eigenvalue weighted by atomic mass is 32.2. The molecule has 0 spiro atoms. The number of hydrogen-bond donors (Lipinski definition) is 0. The van der Waals surface area contributed by atoms with Crippen molar-refractivity contribution < 1.29 is 26.3 Å². The van der Waals surface area contributed by atoms with E-state index in [1.807, 2.05) is 0 Å². The van der Waals surface area contributed by atoms with E-state index < -0.39 is 22.1 Å². The molecule has 4 aromatic rings. The monoisotopic (exact) mass is 510 g/mol. The summed E-state index contributed by atoms with van der Waals surface area (Å²) in [7, 11) is -3.81. The molecule has 0 atom stereocenters. The van der Waals surface area contributed by atoms with Gasteiger partial charge in [-0.1, -0.05) is 35.6 Å². The molecule has 0 aliphatic carbocycles. The Kier molecular flexibility index (Phi) is 5.75. The summed E-state index contributed by atoms with van der Waals surface area (Å²) < 4.78 is 75.6. The Bertz CT molecular complexity index is 1380. The molecule has 1 aliphatic rings. The molecule has 0 bridgehead atoms. The lowest BCUT2D eigenvalue weighted by atomic mass is 10.2. The molecule has 3 aromatic heterocycles. The molecule has 0 amide bonds. The number of hydrogen-bond acceptors (Lipinski definition) is 8. The van der Waals surface area contributed by atoms with E-state index in [2.05, 4.69) is 15.1 Å². The average molecular weight is 511 g/mol. The molecule has 1 saturated heterocycles. The minimum absolute atomic E-state index is 0.0604. The first-order chi connectivity index (χ1) is 16.2. The lowest BCUT2D eigenvalue weighted by Gasteiger charge is -2.26. The van der Waals surface area contributed by atoms with E-state index in [9.17, 15) is 21.6 Å². The molecule has 178 valence electrons. The maximum Gasteiger partial charge on any atom is 0.491 e. The number of pyridine rings is 1. The van der Waals surface area contributed by atoms with Crippen LogP contribution >= 0.6 is 11.3 Å². The first kappa shape index (κ1) is 22.7. The van der Waals surface area contributed by atoms with Crippen LogP contribution in [0.15, 0.2) is 59.8 Å². The Labute approximate surface area is 196 Å². The van der Waals surface area contributed by atoms with Crippen molar-refractivity contribution in [1.82, 2.24) is 23.9 Å². The van der Waals surface area contributed by atoms with Crippen LogP contribution in [-0.2, 0) is 14.8 Å². The minimum Gasteiger partial charge on any atom is -0.379 e. The Morgan fingerprint density at radius 3 is 2.44 bits per heavy atom. The van der Waals surface area contributed by atoms with Gasteiger partial charge < -0.3 is 4.74 Å². The number of alkyl halides is 3. The van der Waals surface area contributed by atoms with Crippen molar-refractivity contribution >= 4 is 38.0 Å². The first-order valence-electron chi connectivity index (χ1n) is 10.1. The van der Waals surface area contributed by atoms with Crippen molar-refractivity contribution in [2.45, 2.75) is 11.2 Å². The number of morpholine rings is 1. The molecule has 0 radical (unpaired) electrons. The second-order valence-electron chi connectivity index (χ2n) is 7.24. The van der Waals surface area contributed by atoms with Crippen molar-refractivity contribution in [3.8, 4) is 10.6 Å². The molecular weight excluding hydrogens is 493 g/mol. The van der Waals surface area contributed by atoms with Crippen molar-refractivity contribution in [2.24, 2.45) is 0 Å². The largest absolute Gasteiger partial charge is 0.491 e. The van der Waals surface area contributed by atoms with Gasteiger partial charge in [0.15, 0.2) is 5.82 Å². The number of anilines is 2. The molecule has 9 nitrogen and oxygen atoms in total. The van der Waals surface area contributed by atoms with Crippen LogP contribution in [0.5, 0.6) is 0 Å². The second kappa shape index (κ2) is 8.61. The van der Waals surface area contributed by atoms with Crippen LogP contribution in [-0.4, -0.2) is 64.9 Å². The first-order valence-corrected chi connectivity index (χ1v) is 12.3. The molecule has 0 saturated carbocycles. The van der Waals surface area contributed by atoms with E-state index in [1.54, 1.807) is 18.2 Å². The molecule has 14 heteroatoms.